The first-order valence-corrected chi connectivity index (χ1v) is 16.6. The standard InChI is InChI=1S/C34H35Cl2N3O5S/c1-3-19-37-34(41)32(21-25-11-6-4-7-12-25)38(23-26-17-18-30(35)31(36)20-26)33(40)24-39(27-13-10-14-28(22-27)44-2)45(42,43)29-15-8-5-9-16-29/h4-18,20,22,32H,3,19,21,23-24H2,1-2H3,(H,37,41)/t32-/m0/s1. The predicted molar refractivity (Wildman–Crippen MR) is 178 cm³/mol. The fourth-order valence-electron chi connectivity index (χ4n) is 4.77. The third-order valence-electron chi connectivity index (χ3n) is 7.11. The lowest BCUT2D eigenvalue weighted by molar-refractivity contribution is -0.140. The molecule has 0 radical (unpaired) electrons. The predicted octanol–water partition coefficient (Wildman–Crippen LogP) is 6.36. The van der Waals surface area contributed by atoms with Gasteiger partial charge >= 0.3 is 0 Å². The fraction of sp³-hybridized carbons (Fsp3) is 0.235. The van der Waals surface area contributed by atoms with Gasteiger partial charge in [0, 0.05) is 25.6 Å². The minimum absolute atomic E-state index is 0.0122. The number of rotatable bonds is 14. The van der Waals surface area contributed by atoms with Gasteiger partial charge in [0.15, 0.2) is 0 Å². The number of ether oxygens (including phenoxy) is 1. The number of halogens is 2. The molecule has 0 aliphatic carbocycles. The van der Waals surface area contributed by atoms with E-state index < -0.39 is 28.5 Å². The molecule has 0 aromatic heterocycles. The van der Waals surface area contributed by atoms with Crippen LogP contribution >= 0.6 is 23.2 Å². The Morgan fingerprint density at radius 3 is 2.18 bits per heavy atom. The van der Waals surface area contributed by atoms with Crippen molar-refractivity contribution in [3.63, 3.8) is 0 Å². The first-order chi connectivity index (χ1) is 21.6. The Morgan fingerprint density at radius 2 is 1.53 bits per heavy atom. The van der Waals surface area contributed by atoms with E-state index in [2.05, 4.69) is 5.32 Å². The average molecular weight is 669 g/mol. The van der Waals surface area contributed by atoms with Gasteiger partial charge in [0.1, 0.15) is 18.3 Å². The van der Waals surface area contributed by atoms with Crippen LogP contribution in [-0.2, 0) is 32.6 Å². The van der Waals surface area contributed by atoms with Crippen molar-refractivity contribution < 1.29 is 22.7 Å². The van der Waals surface area contributed by atoms with Gasteiger partial charge in [-0.1, -0.05) is 90.8 Å². The molecule has 0 heterocycles. The molecule has 0 aliphatic rings. The number of sulfonamides is 1. The third kappa shape index (κ3) is 8.78. The normalized spacial score (nSPS) is 11.8. The highest BCUT2D eigenvalue weighted by molar-refractivity contribution is 7.92. The van der Waals surface area contributed by atoms with Crippen LogP contribution in [0.15, 0.2) is 108 Å². The first kappa shape index (κ1) is 33.8. The Morgan fingerprint density at radius 1 is 0.844 bits per heavy atom. The van der Waals surface area contributed by atoms with E-state index in [-0.39, 0.29) is 29.5 Å². The molecule has 0 saturated heterocycles. The number of nitrogens with zero attached hydrogens (tertiary/aromatic N) is 2. The second-order valence-electron chi connectivity index (χ2n) is 10.3. The molecular formula is C34H35Cl2N3O5S. The van der Waals surface area contributed by atoms with Crippen molar-refractivity contribution in [2.75, 3.05) is 24.5 Å². The van der Waals surface area contributed by atoms with Crippen molar-refractivity contribution >= 4 is 50.7 Å². The SMILES string of the molecule is CCCNC(=O)[C@H](Cc1ccccc1)N(Cc1ccc(Cl)c(Cl)c1)C(=O)CN(c1cccc(OC)c1)S(=O)(=O)c1ccccc1. The van der Waals surface area contributed by atoms with Gasteiger partial charge in [-0.25, -0.2) is 8.42 Å². The molecule has 4 aromatic rings. The maximum absolute atomic E-state index is 14.5. The summed E-state index contributed by atoms with van der Waals surface area (Å²) in [6.07, 6.45) is 0.900. The molecule has 45 heavy (non-hydrogen) atoms. The minimum atomic E-state index is -4.22. The minimum Gasteiger partial charge on any atom is -0.497 e. The van der Waals surface area contributed by atoms with Crippen LogP contribution in [0.25, 0.3) is 0 Å². The van der Waals surface area contributed by atoms with E-state index in [4.69, 9.17) is 27.9 Å². The van der Waals surface area contributed by atoms with Gasteiger partial charge in [-0.15, -0.1) is 0 Å². The number of amides is 2. The van der Waals surface area contributed by atoms with Gasteiger partial charge in [0.25, 0.3) is 10.0 Å². The highest BCUT2D eigenvalue weighted by Gasteiger charge is 2.34. The maximum atomic E-state index is 14.5. The molecule has 4 aromatic carbocycles. The molecule has 1 N–H and O–H groups in total. The van der Waals surface area contributed by atoms with Crippen LogP contribution in [-0.4, -0.2) is 51.4 Å². The zero-order chi connectivity index (χ0) is 32.4. The molecule has 8 nitrogen and oxygen atoms in total. The van der Waals surface area contributed by atoms with Crippen molar-refractivity contribution in [2.45, 2.75) is 37.2 Å². The number of hydrogen-bond acceptors (Lipinski definition) is 5. The smallest absolute Gasteiger partial charge is 0.264 e. The quantitative estimate of drug-likeness (QED) is 0.169. The molecule has 0 bridgehead atoms. The number of methoxy groups -OCH3 is 1. The van der Waals surface area contributed by atoms with Gasteiger partial charge < -0.3 is 15.0 Å². The molecule has 0 saturated carbocycles. The van der Waals surface area contributed by atoms with E-state index in [0.717, 1.165) is 9.87 Å². The number of anilines is 1. The Bertz CT molecular complexity index is 1710. The van der Waals surface area contributed by atoms with Gasteiger partial charge in [0.05, 0.1) is 27.7 Å². The summed E-state index contributed by atoms with van der Waals surface area (Å²) in [6, 6.07) is 27.7. The summed E-state index contributed by atoms with van der Waals surface area (Å²) >= 11 is 12.5. The second-order valence-corrected chi connectivity index (χ2v) is 13.0. The third-order valence-corrected chi connectivity index (χ3v) is 9.64. The largest absolute Gasteiger partial charge is 0.497 e. The van der Waals surface area contributed by atoms with Gasteiger partial charge in [-0.3, -0.25) is 13.9 Å². The Kier molecular flexibility index (Phi) is 11.9. The van der Waals surface area contributed by atoms with Gasteiger partial charge in [0.2, 0.25) is 11.8 Å². The van der Waals surface area contributed by atoms with Crippen LogP contribution in [0.5, 0.6) is 5.75 Å². The van der Waals surface area contributed by atoms with Gasteiger partial charge in [-0.2, -0.15) is 0 Å². The van der Waals surface area contributed by atoms with Crippen molar-refractivity contribution in [1.29, 1.82) is 0 Å². The summed E-state index contributed by atoms with van der Waals surface area (Å²) in [6.45, 7) is 1.74. The highest BCUT2D eigenvalue weighted by atomic mass is 35.5. The zero-order valence-corrected chi connectivity index (χ0v) is 27.4. The second kappa shape index (κ2) is 15.8. The highest BCUT2D eigenvalue weighted by Crippen LogP contribution is 2.29. The van der Waals surface area contributed by atoms with Crippen molar-refractivity contribution in [2.24, 2.45) is 0 Å². The lowest BCUT2D eigenvalue weighted by Gasteiger charge is -2.34. The zero-order valence-electron chi connectivity index (χ0n) is 25.0. The van der Waals surface area contributed by atoms with Crippen LogP contribution < -0.4 is 14.4 Å². The number of carbonyl (C=O) groups is 2. The molecular weight excluding hydrogens is 633 g/mol. The fourth-order valence-corrected chi connectivity index (χ4v) is 6.52. The van der Waals surface area contributed by atoms with Crippen molar-refractivity contribution in [3.05, 3.63) is 124 Å². The van der Waals surface area contributed by atoms with E-state index in [1.54, 1.807) is 60.7 Å². The molecule has 236 valence electrons. The Balaban J connectivity index is 1.81. The lowest BCUT2D eigenvalue weighted by atomic mass is 10.0. The van der Waals surface area contributed by atoms with Gasteiger partial charge in [-0.05, 0) is 53.9 Å². The van der Waals surface area contributed by atoms with Crippen LogP contribution in [0.3, 0.4) is 0 Å². The average Bonchev–Trinajstić information content (AvgIpc) is 3.06. The molecule has 0 unspecified atom stereocenters. The van der Waals surface area contributed by atoms with E-state index in [1.165, 1.54) is 24.1 Å². The molecule has 0 aliphatic heterocycles. The molecule has 0 spiro atoms. The number of hydrogen-bond donors (Lipinski definition) is 1. The summed E-state index contributed by atoms with van der Waals surface area (Å²) in [7, 11) is -2.75. The van der Waals surface area contributed by atoms with E-state index >= 15 is 0 Å². The monoisotopic (exact) mass is 667 g/mol. The number of carbonyl (C=O) groups excluding carboxylic acids is 2. The van der Waals surface area contributed by atoms with E-state index in [9.17, 15) is 18.0 Å². The maximum Gasteiger partial charge on any atom is 0.264 e. The van der Waals surface area contributed by atoms with Crippen molar-refractivity contribution in [1.82, 2.24) is 10.2 Å². The van der Waals surface area contributed by atoms with Crippen LogP contribution in [0.1, 0.15) is 24.5 Å². The first-order valence-electron chi connectivity index (χ1n) is 14.4. The molecule has 1 atom stereocenters. The van der Waals surface area contributed by atoms with Crippen LogP contribution in [0.4, 0.5) is 5.69 Å². The number of benzene rings is 4. The lowest BCUT2D eigenvalue weighted by Crippen LogP contribution is -2.53. The van der Waals surface area contributed by atoms with Crippen LogP contribution in [0.2, 0.25) is 10.0 Å². The number of nitrogens with one attached hydrogen (secondary N) is 1. The summed E-state index contributed by atoms with van der Waals surface area (Å²) < 4.78 is 34.5. The molecule has 2 amide bonds. The summed E-state index contributed by atoms with van der Waals surface area (Å²) in [4.78, 5) is 29.6. The van der Waals surface area contributed by atoms with E-state index in [1.807, 2.05) is 37.3 Å². The van der Waals surface area contributed by atoms with Crippen LogP contribution in [0, 0.1) is 0 Å². The Hall–Kier alpha value is -4.05. The molecule has 0 fully saturated rings. The summed E-state index contributed by atoms with van der Waals surface area (Å²) in [5.41, 5.74) is 1.69. The summed E-state index contributed by atoms with van der Waals surface area (Å²) in [5, 5.41) is 3.56. The molecule has 4 rings (SSSR count). The van der Waals surface area contributed by atoms with E-state index in [0.29, 0.717) is 34.3 Å². The molecule has 11 heteroatoms. The topological polar surface area (TPSA) is 96.0 Å². The summed E-state index contributed by atoms with van der Waals surface area (Å²) in [5.74, 6) is -0.522. The van der Waals surface area contributed by atoms with Crippen molar-refractivity contribution in [3.8, 4) is 5.75 Å². The Labute approximate surface area is 274 Å².